The number of anilines is 1. The molecule has 98 valence electrons. The quantitative estimate of drug-likeness (QED) is 0.871. The van der Waals surface area contributed by atoms with E-state index in [2.05, 4.69) is 20.3 Å². The fourth-order valence-corrected chi connectivity index (χ4v) is 2.48. The molecule has 6 nitrogen and oxygen atoms in total. The molecule has 1 saturated carbocycles. The predicted molar refractivity (Wildman–Crippen MR) is 69.7 cm³/mol. The standard InChI is InChI=1S/C13H14N4O2/c18-13(19)8-1-2-9(7-8)16-11-4-3-10-12(17-11)15-6-5-14-10/h3-6,8-9H,1-2,7H2,(H,18,19)(H,15,16,17). The predicted octanol–water partition coefficient (Wildman–Crippen LogP) is 1.69. The average Bonchev–Trinajstić information content (AvgIpc) is 2.87. The van der Waals surface area contributed by atoms with Crippen molar-refractivity contribution in [1.29, 1.82) is 0 Å². The number of carboxylic acid groups (broad SMARTS) is 1. The molecule has 2 aromatic heterocycles. The Morgan fingerprint density at radius 2 is 2.11 bits per heavy atom. The summed E-state index contributed by atoms with van der Waals surface area (Å²) in [5.74, 6) is -0.219. The number of hydrogen-bond donors (Lipinski definition) is 2. The van der Waals surface area contributed by atoms with Gasteiger partial charge in [0, 0.05) is 18.4 Å². The van der Waals surface area contributed by atoms with E-state index < -0.39 is 5.97 Å². The summed E-state index contributed by atoms with van der Waals surface area (Å²) in [5, 5.41) is 12.3. The zero-order chi connectivity index (χ0) is 13.2. The van der Waals surface area contributed by atoms with E-state index in [0.29, 0.717) is 12.1 Å². The SMILES string of the molecule is O=C(O)C1CCC(Nc2ccc3nccnc3n2)C1. The third-order valence-electron chi connectivity index (χ3n) is 3.47. The van der Waals surface area contributed by atoms with Crippen molar-refractivity contribution >= 4 is 23.0 Å². The Morgan fingerprint density at radius 1 is 1.26 bits per heavy atom. The second-order valence-electron chi connectivity index (χ2n) is 4.79. The fraction of sp³-hybridized carbons (Fsp3) is 0.385. The summed E-state index contributed by atoms with van der Waals surface area (Å²) in [4.78, 5) is 23.6. The molecule has 2 heterocycles. The minimum absolute atomic E-state index is 0.169. The van der Waals surface area contributed by atoms with Crippen molar-refractivity contribution in [2.75, 3.05) is 5.32 Å². The van der Waals surface area contributed by atoms with Crippen LogP contribution in [0.4, 0.5) is 5.82 Å². The van der Waals surface area contributed by atoms with Crippen LogP contribution in [0.1, 0.15) is 19.3 Å². The molecule has 1 fully saturated rings. The van der Waals surface area contributed by atoms with Gasteiger partial charge in [0.05, 0.1) is 5.92 Å². The third-order valence-corrected chi connectivity index (χ3v) is 3.47. The smallest absolute Gasteiger partial charge is 0.306 e. The third kappa shape index (κ3) is 2.47. The molecule has 0 aliphatic heterocycles. The summed E-state index contributed by atoms with van der Waals surface area (Å²) in [7, 11) is 0. The molecule has 2 aromatic rings. The van der Waals surface area contributed by atoms with Gasteiger partial charge in [-0.05, 0) is 31.4 Å². The molecule has 2 N–H and O–H groups in total. The van der Waals surface area contributed by atoms with Crippen molar-refractivity contribution in [3.05, 3.63) is 24.5 Å². The van der Waals surface area contributed by atoms with Crippen molar-refractivity contribution < 1.29 is 9.90 Å². The van der Waals surface area contributed by atoms with Crippen LogP contribution in [0.2, 0.25) is 0 Å². The molecule has 1 aliphatic carbocycles. The zero-order valence-electron chi connectivity index (χ0n) is 10.3. The second-order valence-corrected chi connectivity index (χ2v) is 4.79. The number of aromatic nitrogens is 3. The lowest BCUT2D eigenvalue weighted by Gasteiger charge is -2.13. The van der Waals surface area contributed by atoms with Crippen molar-refractivity contribution in [3.63, 3.8) is 0 Å². The number of rotatable bonds is 3. The first-order chi connectivity index (χ1) is 9.22. The van der Waals surface area contributed by atoms with E-state index >= 15 is 0 Å². The topological polar surface area (TPSA) is 88.0 Å². The Bertz CT molecular complexity index is 616. The maximum Gasteiger partial charge on any atom is 0.306 e. The van der Waals surface area contributed by atoms with Gasteiger partial charge in [-0.2, -0.15) is 0 Å². The molecule has 0 radical (unpaired) electrons. The van der Waals surface area contributed by atoms with Crippen LogP contribution in [0, 0.1) is 5.92 Å². The van der Waals surface area contributed by atoms with Gasteiger partial charge in [-0.3, -0.25) is 9.78 Å². The summed E-state index contributed by atoms with van der Waals surface area (Å²) in [6.45, 7) is 0. The fourth-order valence-electron chi connectivity index (χ4n) is 2.48. The maximum atomic E-state index is 10.9. The molecule has 0 bridgehead atoms. The summed E-state index contributed by atoms with van der Waals surface area (Å²) >= 11 is 0. The van der Waals surface area contributed by atoms with Crippen molar-refractivity contribution in [1.82, 2.24) is 15.0 Å². The normalized spacial score (nSPS) is 22.5. The van der Waals surface area contributed by atoms with Crippen molar-refractivity contribution in [3.8, 4) is 0 Å². The molecule has 0 aromatic carbocycles. The highest BCUT2D eigenvalue weighted by molar-refractivity contribution is 5.72. The van der Waals surface area contributed by atoms with Crippen LogP contribution in [0.3, 0.4) is 0 Å². The van der Waals surface area contributed by atoms with E-state index in [1.165, 1.54) is 0 Å². The Hall–Kier alpha value is -2.24. The molecule has 1 aliphatic rings. The lowest BCUT2D eigenvalue weighted by molar-refractivity contribution is -0.141. The first-order valence-electron chi connectivity index (χ1n) is 6.29. The second kappa shape index (κ2) is 4.79. The van der Waals surface area contributed by atoms with E-state index in [4.69, 9.17) is 5.11 Å². The molecule has 0 spiro atoms. The van der Waals surface area contributed by atoms with Crippen LogP contribution in [0.15, 0.2) is 24.5 Å². The first-order valence-corrected chi connectivity index (χ1v) is 6.29. The van der Waals surface area contributed by atoms with Gasteiger partial charge in [0.2, 0.25) is 0 Å². The van der Waals surface area contributed by atoms with Gasteiger partial charge in [0.25, 0.3) is 0 Å². The van der Waals surface area contributed by atoms with Gasteiger partial charge in [-0.1, -0.05) is 0 Å². The number of fused-ring (bicyclic) bond motifs is 1. The van der Waals surface area contributed by atoms with Crippen LogP contribution in [0.5, 0.6) is 0 Å². The minimum Gasteiger partial charge on any atom is -0.481 e. The van der Waals surface area contributed by atoms with E-state index in [-0.39, 0.29) is 12.0 Å². The van der Waals surface area contributed by atoms with Crippen LogP contribution in [-0.4, -0.2) is 32.1 Å². The summed E-state index contributed by atoms with van der Waals surface area (Å²) in [6.07, 6.45) is 5.47. The van der Waals surface area contributed by atoms with Gasteiger partial charge in [0.1, 0.15) is 11.3 Å². The van der Waals surface area contributed by atoms with Gasteiger partial charge in [0.15, 0.2) is 5.65 Å². The van der Waals surface area contributed by atoms with Crippen molar-refractivity contribution in [2.45, 2.75) is 25.3 Å². The molecular formula is C13H14N4O2. The Balaban J connectivity index is 1.73. The van der Waals surface area contributed by atoms with Gasteiger partial charge in [-0.15, -0.1) is 0 Å². The van der Waals surface area contributed by atoms with Crippen molar-refractivity contribution in [2.24, 2.45) is 5.92 Å². The lowest BCUT2D eigenvalue weighted by atomic mass is 10.1. The highest BCUT2D eigenvalue weighted by atomic mass is 16.4. The molecule has 6 heteroatoms. The van der Waals surface area contributed by atoms with Gasteiger partial charge >= 0.3 is 5.97 Å². The number of nitrogens with one attached hydrogen (secondary N) is 1. The first kappa shape index (κ1) is 11.8. The molecule has 2 atom stereocenters. The zero-order valence-corrected chi connectivity index (χ0v) is 10.3. The number of pyridine rings is 1. The number of aliphatic carboxylic acids is 1. The van der Waals surface area contributed by atoms with Gasteiger partial charge in [-0.25, -0.2) is 9.97 Å². The highest BCUT2D eigenvalue weighted by Crippen LogP contribution is 2.28. The largest absolute Gasteiger partial charge is 0.481 e. The Kier molecular flexibility index (Phi) is 2.98. The monoisotopic (exact) mass is 258 g/mol. The number of nitrogens with zero attached hydrogens (tertiary/aromatic N) is 3. The summed E-state index contributed by atoms with van der Waals surface area (Å²) in [6, 6.07) is 3.88. The Morgan fingerprint density at radius 3 is 2.89 bits per heavy atom. The van der Waals surface area contributed by atoms with Crippen LogP contribution in [-0.2, 0) is 4.79 Å². The van der Waals surface area contributed by atoms with Gasteiger partial charge < -0.3 is 10.4 Å². The number of hydrogen-bond acceptors (Lipinski definition) is 5. The molecule has 0 amide bonds. The summed E-state index contributed by atoms with van der Waals surface area (Å²) in [5.41, 5.74) is 1.35. The van der Waals surface area contributed by atoms with E-state index in [1.54, 1.807) is 12.4 Å². The van der Waals surface area contributed by atoms with E-state index in [9.17, 15) is 4.79 Å². The van der Waals surface area contributed by atoms with E-state index in [0.717, 1.165) is 24.2 Å². The molecule has 0 saturated heterocycles. The molecular weight excluding hydrogens is 244 g/mol. The molecule has 3 rings (SSSR count). The Labute approximate surface area is 109 Å². The van der Waals surface area contributed by atoms with E-state index in [1.807, 2.05) is 12.1 Å². The maximum absolute atomic E-state index is 10.9. The molecule has 2 unspecified atom stereocenters. The average molecular weight is 258 g/mol. The highest BCUT2D eigenvalue weighted by Gasteiger charge is 2.29. The minimum atomic E-state index is -0.707. The van der Waals surface area contributed by atoms with Crippen LogP contribution < -0.4 is 5.32 Å². The number of carbonyl (C=O) groups is 1. The molecule has 19 heavy (non-hydrogen) atoms. The van der Waals surface area contributed by atoms with Crippen LogP contribution in [0.25, 0.3) is 11.2 Å². The lowest BCUT2D eigenvalue weighted by Crippen LogP contribution is -2.18. The van der Waals surface area contributed by atoms with Crippen LogP contribution >= 0.6 is 0 Å². The summed E-state index contributed by atoms with van der Waals surface area (Å²) < 4.78 is 0. The number of carboxylic acids is 1.